The number of hydrogen-bond acceptors (Lipinski definition) is 8. The highest BCUT2D eigenvalue weighted by Crippen LogP contribution is 2.13. The SMILES string of the molecule is COc1cc(C#N)nc(C#N)c1.COc1cc(C#N)nc(C#N)c1. The van der Waals surface area contributed by atoms with Crippen molar-refractivity contribution in [1.82, 2.24) is 9.97 Å². The predicted molar refractivity (Wildman–Crippen MR) is 80.4 cm³/mol. The van der Waals surface area contributed by atoms with Gasteiger partial charge in [0.15, 0.2) is 0 Å². The van der Waals surface area contributed by atoms with Crippen molar-refractivity contribution in [2.24, 2.45) is 0 Å². The third-order valence-corrected chi connectivity index (χ3v) is 2.53. The van der Waals surface area contributed by atoms with E-state index in [2.05, 4.69) is 9.97 Å². The molecular formula is C16H10N6O2. The molecule has 0 saturated heterocycles. The summed E-state index contributed by atoms with van der Waals surface area (Å²) in [6.07, 6.45) is 0. The van der Waals surface area contributed by atoms with Gasteiger partial charge >= 0.3 is 0 Å². The molecule has 0 saturated carbocycles. The Balaban J connectivity index is 0.000000240. The Kier molecular flexibility index (Phi) is 6.71. The van der Waals surface area contributed by atoms with Gasteiger partial charge in [0.1, 0.15) is 58.6 Å². The highest BCUT2D eigenvalue weighted by atomic mass is 16.5. The highest BCUT2D eigenvalue weighted by Gasteiger charge is 2.01. The molecule has 116 valence electrons. The average Bonchev–Trinajstić information content (AvgIpc) is 2.67. The topological polar surface area (TPSA) is 139 Å². The molecule has 0 N–H and O–H groups in total. The fourth-order valence-electron chi connectivity index (χ4n) is 1.48. The number of methoxy groups -OCH3 is 2. The Morgan fingerprint density at radius 3 is 1.04 bits per heavy atom. The van der Waals surface area contributed by atoms with Crippen LogP contribution in [0.5, 0.6) is 11.5 Å². The summed E-state index contributed by atoms with van der Waals surface area (Å²) >= 11 is 0. The van der Waals surface area contributed by atoms with Crippen molar-refractivity contribution in [3.8, 4) is 35.8 Å². The third-order valence-electron chi connectivity index (χ3n) is 2.53. The maximum absolute atomic E-state index is 8.50. The van der Waals surface area contributed by atoms with Crippen molar-refractivity contribution >= 4 is 0 Å². The lowest BCUT2D eigenvalue weighted by molar-refractivity contribution is 0.413. The van der Waals surface area contributed by atoms with E-state index in [1.165, 1.54) is 38.5 Å². The molecule has 0 spiro atoms. The zero-order valence-corrected chi connectivity index (χ0v) is 12.8. The molecule has 0 aromatic carbocycles. The van der Waals surface area contributed by atoms with Crippen LogP contribution >= 0.6 is 0 Å². The quantitative estimate of drug-likeness (QED) is 0.814. The molecular weight excluding hydrogens is 308 g/mol. The molecule has 2 heterocycles. The number of ether oxygens (including phenoxy) is 2. The summed E-state index contributed by atoms with van der Waals surface area (Å²) < 4.78 is 9.71. The Morgan fingerprint density at radius 1 is 0.625 bits per heavy atom. The monoisotopic (exact) mass is 318 g/mol. The molecule has 2 aromatic heterocycles. The van der Waals surface area contributed by atoms with E-state index in [4.69, 9.17) is 30.5 Å². The zero-order valence-electron chi connectivity index (χ0n) is 12.8. The number of aromatic nitrogens is 2. The maximum atomic E-state index is 8.50. The van der Waals surface area contributed by atoms with Crippen molar-refractivity contribution < 1.29 is 9.47 Å². The van der Waals surface area contributed by atoms with E-state index in [0.29, 0.717) is 11.5 Å². The van der Waals surface area contributed by atoms with E-state index in [1.807, 2.05) is 24.3 Å². The summed E-state index contributed by atoms with van der Waals surface area (Å²) in [5, 5.41) is 34.0. The van der Waals surface area contributed by atoms with Gasteiger partial charge in [0.05, 0.1) is 14.2 Å². The summed E-state index contributed by atoms with van der Waals surface area (Å²) in [4.78, 5) is 7.43. The van der Waals surface area contributed by atoms with Gasteiger partial charge in [-0.25, -0.2) is 9.97 Å². The Hall–Kier alpha value is -4.14. The molecule has 8 heteroatoms. The zero-order chi connectivity index (χ0) is 17.9. The summed E-state index contributed by atoms with van der Waals surface area (Å²) in [6, 6.07) is 13.2. The smallest absolute Gasteiger partial charge is 0.145 e. The number of hydrogen-bond donors (Lipinski definition) is 0. The molecule has 0 amide bonds. The molecule has 0 atom stereocenters. The van der Waals surface area contributed by atoms with Gasteiger partial charge in [0.2, 0.25) is 0 Å². The van der Waals surface area contributed by atoms with Gasteiger partial charge in [0, 0.05) is 24.3 Å². The molecule has 2 rings (SSSR count). The van der Waals surface area contributed by atoms with Crippen molar-refractivity contribution in [3.05, 3.63) is 47.0 Å². The van der Waals surface area contributed by atoms with Crippen LogP contribution < -0.4 is 9.47 Å². The number of nitriles is 4. The first kappa shape index (κ1) is 17.9. The summed E-state index contributed by atoms with van der Waals surface area (Å²) in [6.45, 7) is 0. The van der Waals surface area contributed by atoms with Gasteiger partial charge in [0.25, 0.3) is 0 Å². The van der Waals surface area contributed by atoms with Gasteiger partial charge in [-0.2, -0.15) is 21.0 Å². The molecule has 0 bridgehead atoms. The van der Waals surface area contributed by atoms with Crippen LogP contribution in [0.25, 0.3) is 0 Å². The number of nitrogens with zero attached hydrogens (tertiary/aromatic N) is 6. The van der Waals surface area contributed by atoms with E-state index in [0.717, 1.165) is 0 Å². The predicted octanol–water partition coefficient (Wildman–Crippen LogP) is 1.67. The Morgan fingerprint density at radius 2 is 0.875 bits per heavy atom. The van der Waals surface area contributed by atoms with Crippen molar-refractivity contribution in [1.29, 1.82) is 21.0 Å². The molecule has 0 aliphatic rings. The van der Waals surface area contributed by atoms with E-state index >= 15 is 0 Å². The van der Waals surface area contributed by atoms with E-state index in [9.17, 15) is 0 Å². The van der Waals surface area contributed by atoms with E-state index < -0.39 is 0 Å². The minimum absolute atomic E-state index is 0.186. The van der Waals surface area contributed by atoms with Crippen molar-refractivity contribution in [2.45, 2.75) is 0 Å². The summed E-state index contributed by atoms with van der Waals surface area (Å²) in [7, 11) is 2.94. The molecule has 0 aliphatic heterocycles. The first-order valence-electron chi connectivity index (χ1n) is 6.32. The lowest BCUT2D eigenvalue weighted by Gasteiger charge is -1.98. The van der Waals surface area contributed by atoms with Crippen LogP contribution in [0.3, 0.4) is 0 Å². The minimum Gasteiger partial charge on any atom is -0.497 e. The molecule has 24 heavy (non-hydrogen) atoms. The Labute approximate surface area is 138 Å². The van der Waals surface area contributed by atoms with E-state index in [-0.39, 0.29) is 22.8 Å². The second kappa shape index (κ2) is 9.00. The second-order valence-corrected chi connectivity index (χ2v) is 4.00. The summed E-state index contributed by atoms with van der Waals surface area (Å²) in [5.41, 5.74) is 0.744. The minimum atomic E-state index is 0.186. The van der Waals surface area contributed by atoms with Crippen molar-refractivity contribution in [3.63, 3.8) is 0 Å². The van der Waals surface area contributed by atoms with Gasteiger partial charge < -0.3 is 9.47 Å². The molecule has 8 nitrogen and oxygen atoms in total. The first-order valence-corrected chi connectivity index (χ1v) is 6.32. The van der Waals surface area contributed by atoms with Gasteiger partial charge in [-0.05, 0) is 0 Å². The Bertz CT molecular complexity index is 757. The standard InChI is InChI=1S/2C8H5N3O/c2*1-12-8-2-6(4-9)11-7(3-8)5-10/h2*2-3H,1H3. The molecule has 2 aromatic rings. The fourth-order valence-corrected chi connectivity index (χ4v) is 1.48. The fraction of sp³-hybridized carbons (Fsp3) is 0.125. The van der Waals surface area contributed by atoms with Crippen LogP contribution in [0.4, 0.5) is 0 Å². The first-order chi connectivity index (χ1) is 11.6. The molecule has 0 aliphatic carbocycles. The van der Waals surface area contributed by atoms with Crippen LogP contribution in [-0.4, -0.2) is 24.2 Å². The number of pyridine rings is 2. The number of rotatable bonds is 2. The second-order valence-electron chi connectivity index (χ2n) is 4.00. The molecule has 0 fully saturated rings. The highest BCUT2D eigenvalue weighted by molar-refractivity contribution is 5.38. The van der Waals surface area contributed by atoms with Crippen LogP contribution in [-0.2, 0) is 0 Å². The molecule has 0 unspecified atom stereocenters. The largest absolute Gasteiger partial charge is 0.497 e. The van der Waals surface area contributed by atoms with Crippen LogP contribution in [0.1, 0.15) is 22.8 Å². The van der Waals surface area contributed by atoms with Gasteiger partial charge in [-0.15, -0.1) is 0 Å². The van der Waals surface area contributed by atoms with E-state index in [1.54, 1.807) is 0 Å². The van der Waals surface area contributed by atoms with Crippen LogP contribution in [0, 0.1) is 45.3 Å². The van der Waals surface area contributed by atoms with Gasteiger partial charge in [-0.3, -0.25) is 0 Å². The van der Waals surface area contributed by atoms with Crippen LogP contribution in [0.2, 0.25) is 0 Å². The maximum Gasteiger partial charge on any atom is 0.145 e. The lowest BCUT2D eigenvalue weighted by atomic mass is 10.3. The van der Waals surface area contributed by atoms with Crippen molar-refractivity contribution in [2.75, 3.05) is 14.2 Å². The lowest BCUT2D eigenvalue weighted by Crippen LogP contribution is -1.91. The third kappa shape index (κ3) is 5.00. The molecule has 0 radical (unpaired) electrons. The summed E-state index contributed by atoms with van der Waals surface area (Å²) in [5.74, 6) is 0.941. The van der Waals surface area contributed by atoms with Gasteiger partial charge in [-0.1, -0.05) is 0 Å². The van der Waals surface area contributed by atoms with Crippen LogP contribution in [0.15, 0.2) is 24.3 Å². The average molecular weight is 318 g/mol. The normalized spacial score (nSPS) is 8.25.